The van der Waals surface area contributed by atoms with Crippen molar-refractivity contribution in [1.82, 2.24) is 14.8 Å². The highest BCUT2D eigenvalue weighted by Gasteiger charge is 2.22. The van der Waals surface area contributed by atoms with Gasteiger partial charge < -0.3 is 5.11 Å². The molecule has 0 aliphatic carbocycles. The third-order valence-corrected chi connectivity index (χ3v) is 2.85. The summed E-state index contributed by atoms with van der Waals surface area (Å²) < 4.78 is 1.84. The van der Waals surface area contributed by atoms with E-state index in [-0.39, 0.29) is 0 Å². The Morgan fingerprint density at radius 3 is 2.75 bits per heavy atom. The number of aliphatic hydroxyl groups is 1. The molecule has 0 aliphatic heterocycles. The Kier molecular flexibility index (Phi) is 4.93. The van der Waals surface area contributed by atoms with E-state index in [1.807, 2.05) is 18.5 Å². The Hall–Kier alpha value is -0.900. The molecule has 0 fully saturated rings. The fourth-order valence-electron chi connectivity index (χ4n) is 1.87. The average Bonchev–Trinajstić information content (AvgIpc) is 2.64. The first-order valence-corrected chi connectivity index (χ1v) is 6.18. The van der Waals surface area contributed by atoms with Crippen LogP contribution in [-0.4, -0.2) is 25.5 Å². The Labute approximate surface area is 97.7 Å². The molecule has 16 heavy (non-hydrogen) atoms. The molecule has 1 rings (SSSR count). The van der Waals surface area contributed by atoms with Crippen LogP contribution in [0.15, 0.2) is 6.33 Å². The zero-order chi connectivity index (χ0) is 12.0. The SMILES string of the molecule is CCCCCC(C)(O)Cc1ncnn1CC. The number of aromatic nitrogens is 3. The van der Waals surface area contributed by atoms with Crippen LogP contribution < -0.4 is 0 Å². The molecule has 0 spiro atoms. The quantitative estimate of drug-likeness (QED) is 0.724. The van der Waals surface area contributed by atoms with Crippen LogP contribution in [0.25, 0.3) is 0 Å². The summed E-state index contributed by atoms with van der Waals surface area (Å²) in [7, 11) is 0. The van der Waals surface area contributed by atoms with Gasteiger partial charge in [-0.1, -0.05) is 26.2 Å². The zero-order valence-corrected chi connectivity index (χ0v) is 10.6. The van der Waals surface area contributed by atoms with Crippen LogP contribution in [0, 0.1) is 0 Å². The van der Waals surface area contributed by atoms with Gasteiger partial charge in [0.1, 0.15) is 12.2 Å². The first-order chi connectivity index (χ1) is 7.59. The number of hydrogen-bond donors (Lipinski definition) is 1. The van der Waals surface area contributed by atoms with E-state index in [1.165, 1.54) is 12.8 Å². The predicted octanol–water partition coefficient (Wildman–Crippen LogP) is 2.17. The fraction of sp³-hybridized carbons (Fsp3) is 0.833. The van der Waals surface area contributed by atoms with Gasteiger partial charge in [0, 0.05) is 13.0 Å². The lowest BCUT2D eigenvalue weighted by Crippen LogP contribution is -2.29. The molecular formula is C12H23N3O. The Morgan fingerprint density at radius 1 is 1.38 bits per heavy atom. The minimum atomic E-state index is -0.658. The Balaban J connectivity index is 2.51. The molecule has 1 atom stereocenters. The molecule has 0 amide bonds. The molecule has 1 aromatic heterocycles. The highest BCUT2D eigenvalue weighted by Crippen LogP contribution is 2.18. The summed E-state index contributed by atoms with van der Waals surface area (Å²) >= 11 is 0. The number of unbranched alkanes of at least 4 members (excludes halogenated alkanes) is 2. The van der Waals surface area contributed by atoms with Gasteiger partial charge in [-0.3, -0.25) is 4.68 Å². The molecule has 4 heteroatoms. The third-order valence-electron chi connectivity index (χ3n) is 2.85. The lowest BCUT2D eigenvalue weighted by atomic mass is 9.94. The molecule has 0 saturated heterocycles. The van der Waals surface area contributed by atoms with Crippen molar-refractivity contribution in [3.05, 3.63) is 12.2 Å². The van der Waals surface area contributed by atoms with Gasteiger partial charge in [0.15, 0.2) is 0 Å². The van der Waals surface area contributed by atoms with Crippen LogP contribution in [0.1, 0.15) is 52.3 Å². The Morgan fingerprint density at radius 2 is 2.12 bits per heavy atom. The van der Waals surface area contributed by atoms with Gasteiger partial charge in [-0.25, -0.2) is 4.98 Å². The Bertz CT molecular complexity index is 307. The second-order valence-corrected chi connectivity index (χ2v) is 4.62. The van der Waals surface area contributed by atoms with Gasteiger partial charge in [-0.2, -0.15) is 5.10 Å². The molecule has 0 aromatic carbocycles. The summed E-state index contributed by atoms with van der Waals surface area (Å²) in [5, 5.41) is 14.4. The summed E-state index contributed by atoms with van der Waals surface area (Å²) in [6, 6.07) is 0. The first-order valence-electron chi connectivity index (χ1n) is 6.18. The molecule has 0 radical (unpaired) electrons. The maximum absolute atomic E-state index is 10.3. The van der Waals surface area contributed by atoms with E-state index in [9.17, 15) is 5.11 Å². The maximum Gasteiger partial charge on any atom is 0.138 e. The van der Waals surface area contributed by atoms with Crippen molar-refractivity contribution < 1.29 is 5.11 Å². The van der Waals surface area contributed by atoms with Gasteiger partial charge in [0.05, 0.1) is 5.60 Å². The van der Waals surface area contributed by atoms with Crippen molar-refractivity contribution in [3.63, 3.8) is 0 Å². The lowest BCUT2D eigenvalue weighted by molar-refractivity contribution is 0.0455. The maximum atomic E-state index is 10.3. The number of hydrogen-bond acceptors (Lipinski definition) is 3. The monoisotopic (exact) mass is 225 g/mol. The third kappa shape index (κ3) is 3.93. The zero-order valence-electron chi connectivity index (χ0n) is 10.6. The van der Waals surface area contributed by atoms with E-state index in [0.717, 1.165) is 25.2 Å². The lowest BCUT2D eigenvalue weighted by Gasteiger charge is -2.22. The topological polar surface area (TPSA) is 50.9 Å². The van der Waals surface area contributed by atoms with Gasteiger partial charge in [0.2, 0.25) is 0 Å². The fourth-order valence-corrected chi connectivity index (χ4v) is 1.87. The van der Waals surface area contributed by atoms with Gasteiger partial charge in [-0.05, 0) is 20.3 Å². The van der Waals surface area contributed by atoms with Crippen LogP contribution >= 0.6 is 0 Å². The second-order valence-electron chi connectivity index (χ2n) is 4.62. The standard InChI is InChI=1S/C12H23N3O/c1-4-6-7-8-12(3,16)9-11-13-10-14-15(11)5-2/h10,16H,4-9H2,1-3H3. The summed E-state index contributed by atoms with van der Waals surface area (Å²) in [6.45, 7) is 6.89. The van der Waals surface area contributed by atoms with Gasteiger partial charge >= 0.3 is 0 Å². The minimum Gasteiger partial charge on any atom is -0.390 e. The second kappa shape index (κ2) is 5.99. The van der Waals surface area contributed by atoms with Crippen molar-refractivity contribution in [1.29, 1.82) is 0 Å². The van der Waals surface area contributed by atoms with Crippen LogP contribution in [0.2, 0.25) is 0 Å². The molecule has 0 bridgehead atoms. The molecule has 1 aromatic rings. The summed E-state index contributed by atoms with van der Waals surface area (Å²) in [4.78, 5) is 4.19. The van der Waals surface area contributed by atoms with E-state index < -0.39 is 5.60 Å². The number of nitrogens with zero attached hydrogens (tertiary/aromatic N) is 3. The average molecular weight is 225 g/mol. The molecule has 0 saturated carbocycles. The van der Waals surface area contributed by atoms with Crippen molar-refractivity contribution in [2.45, 2.75) is 65.0 Å². The number of aryl methyl sites for hydroxylation is 1. The smallest absolute Gasteiger partial charge is 0.138 e. The molecule has 0 aliphatic rings. The molecular weight excluding hydrogens is 202 g/mol. The van der Waals surface area contributed by atoms with E-state index in [0.29, 0.717) is 6.42 Å². The predicted molar refractivity (Wildman–Crippen MR) is 64.2 cm³/mol. The molecule has 4 nitrogen and oxygen atoms in total. The molecule has 92 valence electrons. The van der Waals surface area contributed by atoms with E-state index in [4.69, 9.17) is 0 Å². The summed E-state index contributed by atoms with van der Waals surface area (Å²) in [5.74, 6) is 0.879. The van der Waals surface area contributed by atoms with Crippen LogP contribution in [0.5, 0.6) is 0 Å². The van der Waals surface area contributed by atoms with E-state index in [1.54, 1.807) is 6.33 Å². The van der Waals surface area contributed by atoms with Gasteiger partial charge in [0.25, 0.3) is 0 Å². The number of rotatable bonds is 7. The van der Waals surface area contributed by atoms with E-state index >= 15 is 0 Å². The highest BCUT2D eigenvalue weighted by molar-refractivity contribution is 4.92. The summed E-state index contributed by atoms with van der Waals surface area (Å²) in [5.41, 5.74) is -0.658. The largest absolute Gasteiger partial charge is 0.390 e. The normalized spacial score (nSPS) is 15.0. The van der Waals surface area contributed by atoms with Crippen molar-refractivity contribution >= 4 is 0 Å². The van der Waals surface area contributed by atoms with E-state index in [2.05, 4.69) is 17.0 Å². The van der Waals surface area contributed by atoms with Crippen molar-refractivity contribution in [3.8, 4) is 0 Å². The minimum absolute atomic E-state index is 0.588. The molecule has 1 unspecified atom stereocenters. The van der Waals surface area contributed by atoms with Crippen LogP contribution in [0.3, 0.4) is 0 Å². The van der Waals surface area contributed by atoms with Crippen LogP contribution in [0.4, 0.5) is 0 Å². The van der Waals surface area contributed by atoms with Crippen molar-refractivity contribution in [2.75, 3.05) is 0 Å². The highest BCUT2D eigenvalue weighted by atomic mass is 16.3. The molecule has 1 N–H and O–H groups in total. The first kappa shape index (κ1) is 13.2. The summed E-state index contributed by atoms with van der Waals surface area (Å²) in [6.07, 6.45) is 6.41. The van der Waals surface area contributed by atoms with Crippen molar-refractivity contribution in [2.24, 2.45) is 0 Å². The van der Waals surface area contributed by atoms with Gasteiger partial charge in [-0.15, -0.1) is 0 Å². The van der Waals surface area contributed by atoms with Crippen LogP contribution in [-0.2, 0) is 13.0 Å². The molecule has 1 heterocycles.